The molecule has 5 N–H and O–H groups in total. The number of nitrogens with one attached hydrogen (secondary N) is 3. The molecule has 1 fully saturated rings. The van der Waals surface area contributed by atoms with Crippen LogP contribution in [0.1, 0.15) is 12.0 Å². The second-order valence-electron chi connectivity index (χ2n) is 4.60. The Kier molecular flexibility index (Phi) is 2.53. The van der Waals surface area contributed by atoms with Crippen LogP contribution in [0.15, 0.2) is 30.5 Å². The first kappa shape index (κ1) is 11.7. The molecule has 2 aromatic rings. The molecule has 1 aliphatic rings. The van der Waals surface area contributed by atoms with Gasteiger partial charge in [0.2, 0.25) is 0 Å². The van der Waals surface area contributed by atoms with Gasteiger partial charge in [-0.05, 0) is 19.0 Å². The molecule has 6 nitrogen and oxygen atoms in total. The predicted octanol–water partition coefficient (Wildman–Crippen LogP) is 0.551. The summed E-state index contributed by atoms with van der Waals surface area (Å²) in [5, 5.41) is 5.91. The third-order valence-electron chi connectivity index (χ3n) is 3.51. The van der Waals surface area contributed by atoms with Crippen molar-refractivity contribution >= 4 is 22.8 Å². The molecule has 3 rings (SSSR count). The van der Waals surface area contributed by atoms with E-state index in [9.17, 15) is 9.59 Å². The average molecular weight is 258 g/mol. The highest BCUT2D eigenvalue weighted by molar-refractivity contribution is 6.09. The summed E-state index contributed by atoms with van der Waals surface area (Å²) in [4.78, 5) is 26.8. The minimum atomic E-state index is -1.08. The highest BCUT2D eigenvalue weighted by Gasteiger charge is 2.48. The topological polar surface area (TPSA) is 100 Å². The van der Waals surface area contributed by atoms with E-state index in [0.717, 1.165) is 16.5 Å². The number of H-pyrrole nitrogens is 1. The zero-order valence-electron chi connectivity index (χ0n) is 10.2. The molecule has 2 heterocycles. The van der Waals surface area contributed by atoms with Crippen molar-refractivity contribution in [2.24, 2.45) is 5.73 Å². The second kappa shape index (κ2) is 4.10. The van der Waals surface area contributed by atoms with E-state index in [1.165, 1.54) is 0 Å². The largest absolute Gasteiger partial charge is 0.361 e. The number of imide groups is 1. The molecule has 19 heavy (non-hydrogen) atoms. The number of benzene rings is 1. The maximum atomic E-state index is 12.2. The smallest absolute Gasteiger partial charge is 0.322 e. The molecule has 1 saturated heterocycles. The second-order valence-corrected chi connectivity index (χ2v) is 4.60. The minimum Gasteiger partial charge on any atom is -0.361 e. The van der Waals surface area contributed by atoms with Gasteiger partial charge >= 0.3 is 6.03 Å². The van der Waals surface area contributed by atoms with Crippen molar-refractivity contribution in [3.05, 3.63) is 36.0 Å². The maximum Gasteiger partial charge on any atom is 0.322 e. The molecule has 3 amide bonds. The van der Waals surface area contributed by atoms with E-state index in [1.54, 1.807) is 6.20 Å². The van der Waals surface area contributed by atoms with Gasteiger partial charge in [0, 0.05) is 22.7 Å². The summed E-state index contributed by atoms with van der Waals surface area (Å²) in [6.07, 6.45) is 2.11. The van der Waals surface area contributed by atoms with Crippen LogP contribution in [0, 0.1) is 0 Å². The fraction of sp³-hybridized carbons (Fsp3) is 0.231. The number of aromatic amines is 1. The first-order valence-corrected chi connectivity index (χ1v) is 6.07. The number of carbonyl (C=O) groups is 2. The van der Waals surface area contributed by atoms with Gasteiger partial charge in [0.15, 0.2) is 0 Å². The molecule has 1 aromatic heterocycles. The zero-order valence-corrected chi connectivity index (χ0v) is 10.2. The molecule has 0 bridgehead atoms. The molecule has 98 valence electrons. The van der Waals surface area contributed by atoms with E-state index in [4.69, 9.17) is 5.73 Å². The summed E-state index contributed by atoms with van der Waals surface area (Å²) >= 11 is 0. The summed E-state index contributed by atoms with van der Waals surface area (Å²) < 4.78 is 0. The Balaban J connectivity index is 2.20. The lowest BCUT2D eigenvalue weighted by molar-refractivity contribution is -0.124. The average Bonchev–Trinajstić information content (AvgIpc) is 2.92. The first-order chi connectivity index (χ1) is 9.17. The van der Waals surface area contributed by atoms with Gasteiger partial charge in [-0.25, -0.2) is 4.79 Å². The SMILES string of the molecule is NCCC1(c2c[nH]c3ccccc23)NC(=O)NC1=O. The molecule has 0 spiro atoms. The van der Waals surface area contributed by atoms with Crippen molar-refractivity contribution < 1.29 is 9.59 Å². The number of nitrogens with two attached hydrogens (primary N) is 1. The monoisotopic (exact) mass is 258 g/mol. The molecule has 0 radical (unpaired) electrons. The Morgan fingerprint density at radius 2 is 2.00 bits per heavy atom. The van der Waals surface area contributed by atoms with Crippen LogP contribution in [0.25, 0.3) is 10.9 Å². The predicted molar refractivity (Wildman–Crippen MR) is 70.3 cm³/mol. The van der Waals surface area contributed by atoms with Crippen LogP contribution >= 0.6 is 0 Å². The molecule has 0 aliphatic carbocycles. The van der Waals surface area contributed by atoms with Crippen molar-refractivity contribution in [2.45, 2.75) is 12.0 Å². The van der Waals surface area contributed by atoms with Crippen LogP contribution < -0.4 is 16.4 Å². The summed E-state index contributed by atoms with van der Waals surface area (Å²) in [5.41, 5.74) is 6.20. The fourth-order valence-electron chi connectivity index (χ4n) is 2.63. The maximum absolute atomic E-state index is 12.2. The van der Waals surface area contributed by atoms with Gasteiger partial charge in [0.25, 0.3) is 5.91 Å². The molecule has 6 heteroatoms. The zero-order chi connectivity index (χ0) is 13.5. The number of para-hydroxylation sites is 1. The molecule has 0 saturated carbocycles. The Morgan fingerprint density at radius 1 is 1.21 bits per heavy atom. The van der Waals surface area contributed by atoms with E-state index in [0.29, 0.717) is 13.0 Å². The molecule has 1 atom stereocenters. The van der Waals surface area contributed by atoms with Gasteiger partial charge in [-0.3, -0.25) is 10.1 Å². The third kappa shape index (κ3) is 1.61. The van der Waals surface area contributed by atoms with Gasteiger partial charge in [0.1, 0.15) is 5.54 Å². The van der Waals surface area contributed by atoms with Gasteiger partial charge in [-0.1, -0.05) is 18.2 Å². The van der Waals surface area contributed by atoms with Gasteiger partial charge in [-0.2, -0.15) is 0 Å². The van der Waals surface area contributed by atoms with Crippen molar-refractivity contribution in [1.29, 1.82) is 0 Å². The molecule has 1 aromatic carbocycles. The van der Waals surface area contributed by atoms with E-state index >= 15 is 0 Å². The van der Waals surface area contributed by atoms with Crippen LogP contribution in [0.4, 0.5) is 4.79 Å². The van der Waals surface area contributed by atoms with Crippen molar-refractivity contribution in [1.82, 2.24) is 15.6 Å². The van der Waals surface area contributed by atoms with Crippen LogP contribution in [-0.2, 0) is 10.3 Å². The summed E-state index contributed by atoms with van der Waals surface area (Å²) in [6.45, 7) is 0.299. The molecular formula is C13H14N4O2. The van der Waals surface area contributed by atoms with Crippen LogP contribution in [0.5, 0.6) is 0 Å². The van der Waals surface area contributed by atoms with Crippen molar-refractivity contribution in [3.63, 3.8) is 0 Å². The number of carbonyl (C=O) groups excluding carboxylic acids is 2. The lowest BCUT2D eigenvalue weighted by Crippen LogP contribution is -2.45. The van der Waals surface area contributed by atoms with Crippen LogP contribution in [0.2, 0.25) is 0 Å². The van der Waals surface area contributed by atoms with Gasteiger partial charge < -0.3 is 16.0 Å². The lowest BCUT2D eigenvalue weighted by atomic mass is 9.86. The van der Waals surface area contributed by atoms with Crippen LogP contribution in [0.3, 0.4) is 0 Å². The number of urea groups is 1. The Bertz CT molecular complexity index is 663. The van der Waals surface area contributed by atoms with E-state index in [1.807, 2.05) is 24.3 Å². The van der Waals surface area contributed by atoms with Gasteiger partial charge in [-0.15, -0.1) is 0 Å². The van der Waals surface area contributed by atoms with Crippen LogP contribution in [-0.4, -0.2) is 23.5 Å². The number of fused-ring (bicyclic) bond motifs is 1. The first-order valence-electron chi connectivity index (χ1n) is 6.07. The molecule has 1 aliphatic heterocycles. The van der Waals surface area contributed by atoms with Gasteiger partial charge in [0.05, 0.1) is 0 Å². The number of amides is 3. The standard InChI is InChI=1S/C13H14N4O2/c14-6-5-13(11(18)16-12(19)17-13)9-7-15-10-4-2-1-3-8(9)10/h1-4,7,15H,5-6,14H2,(H2,16,17,18,19). The summed E-state index contributed by atoms with van der Waals surface area (Å²) in [7, 11) is 0. The highest BCUT2D eigenvalue weighted by atomic mass is 16.2. The quantitative estimate of drug-likeness (QED) is 0.605. The Labute approximate surface area is 109 Å². The van der Waals surface area contributed by atoms with Crippen molar-refractivity contribution in [2.75, 3.05) is 6.54 Å². The van der Waals surface area contributed by atoms with E-state index in [2.05, 4.69) is 15.6 Å². The van der Waals surface area contributed by atoms with E-state index < -0.39 is 11.6 Å². The lowest BCUT2D eigenvalue weighted by Gasteiger charge is -2.25. The number of hydrogen-bond donors (Lipinski definition) is 4. The highest BCUT2D eigenvalue weighted by Crippen LogP contribution is 2.33. The van der Waals surface area contributed by atoms with Crippen molar-refractivity contribution in [3.8, 4) is 0 Å². The summed E-state index contributed by atoms with van der Waals surface area (Å²) in [6, 6.07) is 7.15. The Hall–Kier alpha value is -2.34. The van der Waals surface area contributed by atoms with E-state index in [-0.39, 0.29) is 5.91 Å². The normalized spacial score (nSPS) is 22.6. The Morgan fingerprint density at radius 3 is 2.68 bits per heavy atom. The number of rotatable bonds is 3. The third-order valence-corrected chi connectivity index (χ3v) is 3.51. The minimum absolute atomic E-state index is 0.299. The molecule has 1 unspecified atom stereocenters. The fourth-order valence-corrected chi connectivity index (χ4v) is 2.63. The summed E-state index contributed by atoms with van der Waals surface area (Å²) in [5.74, 6) is -0.354. The number of hydrogen-bond acceptors (Lipinski definition) is 3. The molecular weight excluding hydrogens is 244 g/mol. The number of aromatic nitrogens is 1.